The molecule has 0 spiro atoms. The van der Waals surface area contributed by atoms with Crippen LogP contribution in [0, 0.1) is 6.92 Å². The maximum absolute atomic E-state index is 12.7. The van der Waals surface area contributed by atoms with Crippen LogP contribution in [0.2, 0.25) is 0 Å². The molecule has 0 saturated carbocycles. The molecule has 1 aromatic carbocycles. The van der Waals surface area contributed by atoms with Gasteiger partial charge in [0.25, 0.3) is 5.91 Å². The molecule has 0 unspecified atom stereocenters. The summed E-state index contributed by atoms with van der Waals surface area (Å²) in [5.41, 5.74) is 2.20. The number of piperazine rings is 1. The van der Waals surface area contributed by atoms with E-state index in [4.69, 9.17) is 9.57 Å². The van der Waals surface area contributed by atoms with E-state index in [1.54, 1.807) is 24.0 Å². The fourth-order valence-corrected chi connectivity index (χ4v) is 3.70. The number of nitrogens with one attached hydrogen (secondary N) is 1. The molecule has 1 amide bonds. The number of allylic oxidation sites excluding steroid dienone is 3. The number of rotatable bonds is 3. The van der Waals surface area contributed by atoms with E-state index in [0.29, 0.717) is 48.5 Å². The van der Waals surface area contributed by atoms with Crippen molar-refractivity contribution >= 4 is 17.6 Å². The number of carbonyl (C=O) groups is 2. The van der Waals surface area contributed by atoms with Crippen molar-refractivity contribution in [1.29, 1.82) is 0 Å². The Bertz CT molecular complexity index is 901. The maximum atomic E-state index is 12.7. The summed E-state index contributed by atoms with van der Waals surface area (Å²) in [6.07, 6.45) is 10.5. The molecule has 0 aliphatic carbocycles. The number of ether oxygens (including phenoxy) is 1. The van der Waals surface area contributed by atoms with E-state index in [1.165, 1.54) is 0 Å². The topological polar surface area (TPSA) is 100 Å². The molecule has 1 fully saturated rings. The van der Waals surface area contributed by atoms with E-state index >= 15 is 0 Å². The van der Waals surface area contributed by atoms with Crippen LogP contribution >= 0.6 is 0 Å². The van der Waals surface area contributed by atoms with Gasteiger partial charge in [-0.1, -0.05) is 23.4 Å². The van der Waals surface area contributed by atoms with Gasteiger partial charge in [0.2, 0.25) is 0 Å². The number of benzene rings is 1. The monoisotopic (exact) mass is 441 g/mol. The minimum atomic E-state index is -0.430. The zero-order valence-electron chi connectivity index (χ0n) is 18.5. The second-order valence-corrected chi connectivity index (χ2v) is 7.84. The van der Waals surface area contributed by atoms with Crippen LogP contribution in [0.1, 0.15) is 40.7 Å². The number of esters is 1. The normalized spacial score (nSPS) is 21.2. The average Bonchev–Trinajstić information content (AvgIpc) is 2.77. The Morgan fingerprint density at radius 1 is 1.19 bits per heavy atom. The standard InChI is InChI=1S/C24H31N3O5/c1-18-14-21(28)16-19-15-20(26-32-17-22(29)27-11-9-25-10-12-27)8-6-4-2-3-5-7-13-31-24(30)23(18)19/h3,5-6,8,14,16,25,28H,2,4,7,9-13,15,17H2,1H3/b5-3+,8-6+,26-20+. The van der Waals surface area contributed by atoms with Gasteiger partial charge in [0, 0.05) is 32.6 Å². The van der Waals surface area contributed by atoms with E-state index in [9.17, 15) is 14.7 Å². The molecular weight excluding hydrogens is 410 g/mol. The summed E-state index contributed by atoms with van der Waals surface area (Å²) in [5.74, 6) is -0.472. The summed E-state index contributed by atoms with van der Waals surface area (Å²) in [5, 5.41) is 17.5. The maximum Gasteiger partial charge on any atom is 0.338 e. The summed E-state index contributed by atoms with van der Waals surface area (Å²) in [6, 6.07) is 3.09. The van der Waals surface area contributed by atoms with Crippen molar-refractivity contribution in [1.82, 2.24) is 10.2 Å². The molecule has 1 saturated heterocycles. The SMILES string of the molecule is Cc1cc(O)cc2c1C(=O)OCC/C=C/CC/C=C/C(=N\OCC(=O)N1CCNCC1)C2. The molecule has 172 valence electrons. The lowest BCUT2D eigenvalue weighted by atomic mass is 9.96. The van der Waals surface area contributed by atoms with Gasteiger partial charge in [-0.15, -0.1) is 0 Å². The van der Waals surface area contributed by atoms with Gasteiger partial charge in [0.05, 0.1) is 17.9 Å². The molecule has 2 aliphatic rings. The third-order valence-electron chi connectivity index (χ3n) is 5.31. The van der Waals surface area contributed by atoms with E-state index < -0.39 is 5.97 Å². The highest BCUT2D eigenvalue weighted by Crippen LogP contribution is 2.24. The lowest BCUT2D eigenvalue weighted by Crippen LogP contribution is -2.47. The first-order chi connectivity index (χ1) is 15.5. The molecule has 8 nitrogen and oxygen atoms in total. The van der Waals surface area contributed by atoms with Gasteiger partial charge in [0.15, 0.2) is 6.61 Å². The molecule has 0 bridgehead atoms. The Morgan fingerprint density at radius 3 is 2.75 bits per heavy atom. The highest BCUT2D eigenvalue weighted by Gasteiger charge is 2.19. The minimum absolute atomic E-state index is 0.0660. The molecule has 0 radical (unpaired) electrons. The van der Waals surface area contributed by atoms with E-state index in [-0.39, 0.29) is 24.7 Å². The number of aryl methyl sites for hydroxylation is 1. The molecule has 0 aromatic heterocycles. The van der Waals surface area contributed by atoms with Crippen molar-refractivity contribution in [3.05, 3.63) is 53.1 Å². The number of carbonyl (C=O) groups excluding carboxylic acids is 2. The minimum Gasteiger partial charge on any atom is -0.508 e. The smallest absolute Gasteiger partial charge is 0.338 e. The first kappa shape index (κ1) is 23.5. The quantitative estimate of drug-likeness (QED) is 0.425. The van der Waals surface area contributed by atoms with Crippen molar-refractivity contribution in [2.75, 3.05) is 39.4 Å². The summed E-state index contributed by atoms with van der Waals surface area (Å²) in [4.78, 5) is 32.2. The number of fused-ring (bicyclic) bond motifs is 1. The summed E-state index contributed by atoms with van der Waals surface area (Å²) in [6.45, 7) is 4.76. The predicted octanol–water partition coefficient (Wildman–Crippen LogP) is 2.50. The first-order valence-corrected chi connectivity index (χ1v) is 11.0. The molecule has 0 atom stereocenters. The molecule has 2 heterocycles. The second-order valence-electron chi connectivity index (χ2n) is 7.84. The molecule has 3 rings (SSSR count). The summed E-state index contributed by atoms with van der Waals surface area (Å²) < 4.78 is 5.43. The zero-order chi connectivity index (χ0) is 22.8. The first-order valence-electron chi connectivity index (χ1n) is 11.0. The number of hydrogen-bond acceptors (Lipinski definition) is 7. The Balaban J connectivity index is 1.80. The number of amides is 1. The van der Waals surface area contributed by atoms with Gasteiger partial charge in [0.1, 0.15) is 5.75 Å². The molecule has 8 heteroatoms. The van der Waals surface area contributed by atoms with Crippen molar-refractivity contribution in [2.45, 2.75) is 32.6 Å². The van der Waals surface area contributed by atoms with Crippen molar-refractivity contribution in [3.8, 4) is 5.75 Å². The van der Waals surface area contributed by atoms with E-state index in [1.807, 2.05) is 18.2 Å². The molecule has 1 aromatic rings. The van der Waals surface area contributed by atoms with Crippen molar-refractivity contribution in [3.63, 3.8) is 0 Å². The fraction of sp³-hybridized carbons (Fsp3) is 0.458. The lowest BCUT2D eigenvalue weighted by Gasteiger charge is -2.26. The summed E-state index contributed by atoms with van der Waals surface area (Å²) in [7, 11) is 0. The van der Waals surface area contributed by atoms with Crippen LogP contribution in [-0.2, 0) is 20.8 Å². The lowest BCUT2D eigenvalue weighted by molar-refractivity contribution is -0.136. The fourth-order valence-electron chi connectivity index (χ4n) is 3.70. The molecule has 32 heavy (non-hydrogen) atoms. The third-order valence-corrected chi connectivity index (χ3v) is 5.31. The number of aromatic hydroxyl groups is 1. The molecule has 2 aliphatic heterocycles. The van der Waals surface area contributed by atoms with E-state index in [2.05, 4.69) is 16.5 Å². The van der Waals surface area contributed by atoms with Crippen LogP contribution < -0.4 is 5.32 Å². The Morgan fingerprint density at radius 2 is 1.94 bits per heavy atom. The van der Waals surface area contributed by atoms with Crippen LogP contribution in [0.15, 0.2) is 41.6 Å². The van der Waals surface area contributed by atoms with Crippen LogP contribution in [0.3, 0.4) is 0 Å². The highest BCUT2D eigenvalue weighted by molar-refractivity contribution is 6.00. The van der Waals surface area contributed by atoms with Crippen LogP contribution in [-0.4, -0.2) is 67.0 Å². The Hall–Kier alpha value is -3.13. The second kappa shape index (κ2) is 12.0. The number of oxime groups is 1. The van der Waals surface area contributed by atoms with Gasteiger partial charge >= 0.3 is 5.97 Å². The number of nitrogens with zero attached hydrogens (tertiary/aromatic N) is 2. The number of cyclic esters (lactones) is 1. The van der Waals surface area contributed by atoms with E-state index in [0.717, 1.165) is 25.9 Å². The van der Waals surface area contributed by atoms with Crippen molar-refractivity contribution in [2.24, 2.45) is 5.16 Å². The molecular formula is C24H31N3O5. The number of hydrogen-bond donors (Lipinski definition) is 2. The van der Waals surface area contributed by atoms with Gasteiger partial charge < -0.3 is 24.9 Å². The zero-order valence-corrected chi connectivity index (χ0v) is 18.5. The predicted molar refractivity (Wildman–Crippen MR) is 122 cm³/mol. The van der Waals surface area contributed by atoms with Gasteiger partial charge in [-0.2, -0.15) is 0 Å². The van der Waals surface area contributed by atoms with Gasteiger partial charge in [-0.25, -0.2) is 4.79 Å². The van der Waals surface area contributed by atoms with Crippen LogP contribution in [0.5, 0.6) is 5.75 Å². The summed E-state index contributed by atoms with van der Waals surface area (Å²) >= 11 is 0. The van der Waals surface area contributed by atoms with Gasteiger partial charge in [-0.05, 0) is 55.5 Å². The Kier molecular flexibility index (Phi) is 8.86. The highest BCUT2D eigenvalue weighted by atomic mass is 16.6. The average molecular weight is 442 g/mol. The molecule has 2 N–H and O–H groups in total. The number of phenols is 1. The third kappa shape index (κ3) is 6.95. The van der Waals surface area contributed by atoms with Crippen LogP contribution in [0.25, 0.3) is 0 Å². The van der Waals surface area contributed by atoms with Gasteiger partial charge in [-0.3, -0.25) is 4.79 Å². The largest absolute Gasteiger partial charge is 0.508 e. The Labute approximate surface area is 188 Å². The number of phenolic OH excluding ortho intramolecular Hbond substituents is 1. The van der Waals surface area contributed by atoms with Crippen LogP contribution in [0.4, 0.5) is 0 Å². The van der Waals surface area contributed by atoms with Crippen molar-refractivity contribution < 1.29 is 24.3 Å².